The van der Waals surface area contributed by atoms with Crippen LogP contribution in [0.3, 0.4) is 0 Å². The van der Waals surface area contributed by atoms with E-state index < -0.39 is 0 Å². The Morgan fingerprint density at radius 3 is 2.44 bits per heavy atom. The lowest BCUT2D eigenvalue weighted by Crippen LogP contribution is -1.79. The molecule has 0 radical (unpaired) electrons. The van der Waals surface area contributed by atoms with E-state index in [0.717, 1.165) is 16.3 Å². The fourth-order valence-electron chi connectivity index (χ4n) is 2.55. The van der Waals surface area contributed by atoms with Crippen molar-refractivity contribution in [2.45, 2.75) is 0 Å². The summed E-state index contributed by atoms with van der Waals surface area (Å²) in [5.74, 6) is 0.767. The van der Waals surface area contributed by atoms with Crippen LogP contribution in [0.15, 0.2) is 70.9 Å². The van der Waals surface area contributed by atoms with Crippen molar-refractivity contribution in [2.75, 3.05) is 0 Å². The zero-order valence-electron chi connectivity index (χ0n) is 13.0. The van der Waals surface area contributed by atoms with Crippen molar-refractivity contribution < 1.29 is 5.11 Å². The van der Waals surface area contributed by atoms with Gasteiger partial charge in [0.05, 0.1) is 5.69 Å². The van der Waals surface area contributed by atoms with Crippen molar-refractivity contribution >= 4 is 34.4 Å². The van der Waals surface area contributed by atoms with Gasteiger partial charge >= 0.3 is 0 Å². The number of rotatable bonds is 3. The van der Waals surface area contributed by atoms with Crippen LogP contribution >= 0.6 is 12.2 Å². The Labute approximate surface area is 147 Å². The summed E-state index contributed by atoms with van der Waals surface area (Å²) in [6, 6.07) is 18.6. The quantitative estimate of drug-likeness (QED) is 0.342. The molecule has 6 nitrogen and oxygen atoms in total. The largest absolute Gasteiger partial charge is 0.506 e. The first-order valence-electron chi connectivity index (χ1n) is 7.58. The van der Waals surface area contributed by atoms with Gasteiger partial charge in [-0.2, -0.15) is 10.1 Å². The van der Waals surface area contributed by atoms with Gasteiger partial charge in [0.2, 0.25) is 4.77 Å². The number of hydrogen-bond acceptors (Lipinski definition) is 5. The third-order valence-electron chi connectivity index (χ3n) is 3.79. The van der Waals surface area contributed by atoms with Crippen molar-refractivity contribution in [3.63, 3.8) is 0 Å². The van der Waals surface area contributed by atoms with Gasteiger partial charge in [0.15, 0.2) is 5.82 Å². The van der Waals surface area contributed by atoms with Gasteiger partial charge in [-0.3, -0.25) is 10.2 Å². The highest BCUT2D eigenvalue weighted by Gasteiger charge is 2.06. The first kappa shape index (κ1) is 15.2. The van der Waals surface area contributed by atoms with Crippen LogP contribution in [0, 0.1) is 4.77 Å². The summed E-state index contributed by atoms with van der Waals surface area (Å²) in [4.78, 5) is 4.17. The van der Waals surface area contributed by atoms with Crippen LogP contribution in [0.5, 0.6) is 5.75 Å². The summed E-state index contributed by atoms with van der Waals surface area (Å²) in [7, 11) is 0. The van der Waals surface area contributed by atoms with E-state index >= 15 is 0 Å². The van der Waals surface area contributed by atoms with Gasteiger partial charge in [0, 0.05) is 10.9 Å². The Hall–Kier alpha value is -3.32. The molecular formula is C18H13N5OS. The van der Waals surface area contributed by atoms with E-state index in [-0.39, 0.29) is 5.75 Å². The minimum atomic E-state index is 0.100. The Balaban J connectivity index is 1.66. The molecular weight excluding hydrogens is 334 g/mol. The molecule has 0 saturated carbocycles. The van der Waals surface area contributed by atoms with Crippen molar-refractivity contribution in [3.05, 3.63) is 65.4 Å². The first-order valence-corrected chi connectivity index (χ1v) is 7.99. The van der Waals surface area contributed by atoms with Crippen LogP contribution in [0.25, 0.3) is 22.2 Å². The van der Waals surface area contributed by atoms with E-state index in [2.05, 4.69) is 25.4 Å². The maximum absolute atomic E-state index is 10.1. The number of fused-ring (bicyclic) bond motifs is 1. The summed E-state index contributed by atoms with van der Waals surface area (Å²) in [6.07, 6.45) is 0. The number of aromatic nitrogens is 3. The third kappa shape index (κ3) is 3.05. The van der Waals surface area contributed by atoms with Crippen LogP contribution in [0.2, 0.25) is 0 Å². The van der Waals surface area contributed by atoms with Gasteiger partial charge in [0.1, 0.15) is 11.4 Å². The standard InChI is InChI=1S/C18H13N5OS/c24-15-10-7-11-3-1-2-4-14(11)16(15)21-20-13-8-5-12(6-9-13)17-19-18(25)23-22-17/h1-10,24H,(H2,19,22,23,25). The molecule has 4 rings (SSSR count). The third-order valence-corrected chi connectivity index (χ3v) is 3.98. The topological polar surface area (TPSA) is 89.4 Å². The smallest absolute Gasteiger partial charge is 0.213 e. The molecule has 0 fully saturated rings. The Morgan fingerprint density at radius 2 is 1.68 bits per heavy atom. The second-order valence-electron chi connectivity index (χ2n) is 5.42. The summed E-state index contributed by atoms with van der Waals surface area (Å²) in [5.41, 5.74) is 2.02. The van der Waals surface area contributed by atoms with Crippen LogP contribution in [0.1, 0.15) is 0 Å². The molecule has 0 saturated heterocycles. The van der Waals surface area contributed by atoms with E-state index in [9.17, 15) is 5.11 Å². The molecule has 0 amide bonds. The van der Waals surface area contributed by atoms with Gasteiger partial charge in [-0.15, -0.1) is 5.11 Å². The molecule has 0 bridgehead atoms. The van der Waals surface area contributed by atoms with E-state index in [4.69, 9.17) is 12.2 Å². The van der Waals surface area contributed by atoms with Crippen molar-refractivity contribution in [1.82, 2.24) is 15.2 Å². The highest BCUT2D eigenvalue weighted by atomic mass is 32.1. The summed E-state index contributed by atoms with van der Waals surface area (Å²) >= 11 is 4.95. The summed E-state index contributed by atoms with van der Waals surface area (Å²) in [6.45, 7) is 0. The Morgan fingerprint density at radius 1 is 0.880 bits per heavy atom. The Kier molecular flexibility index (Phi) is 3.83. The second kappa shape index (κ2) is 6.29. The minimum absolute atomic E-state index is 0.100. The Bertz CT molecular complexity index is 1130. The monoisotopic (exact) mass is 347 g/mol. The molecule has 1 aromatic heterocycles. The van der Waals surface area contributed by atoms with Crippen molar-refractivity contribution in [2.24, 2.45) is 10.2 Å². The SMILES string of the molecule is Oc1ccc2ccccc2c1N=Nc1ccc(-c2nc(=S)[nH][nH]2)cc1. The fraction of sp³-hybridized carbons (Fsp3) is 0. The van der Waals surface area contributed by atoms with Gasteiger partial charge in [-0.1, -0.05) is 30.3 Å². The molecule has 0 atom stereocenters. The molecule has 25 heavy (non-hydrogen) atoms. The number of phenolic OH excluding ortho intramolecular Hbond substituents is 1. The van der Waals surface area contributed by atoms with Gasteiger partial charge in [-0.25, -0.2) is 0 Å². The predicted molar refractivity (Wildman–Crippen MR) is 99.0 cm³/mol. The lowest BCUT2D eigenvalue weighted by atomic mass is 10.1. The van der Waals surface area contributed by atoms with Gasteiger partial charge in [0.25, 0.3) is 0 Å². The average Bonchev–Trinajstić information content (AvgIpc) is 3.08. The molecule has 3 N–H and O–H groups in total. The average molecular weight is 347 g/mol. The molecule has 0 aliphatic heterocycles. The number of H-pyrrole nitrogens is 2. The van der Waals surface area contributed by atoms with Crippen molar-refractivity contribution in [3.8, 4) is 17.1 Å². The number of aromatic amines is 2. The molecule has 0 aliphatic rings. The molecule has 7 heteroatoms. The van der Waals surface area contributed by atoms with Crippen LogP contribution < -0.4 is 0 Å². The molecule has 122 valence electrons. The lowest BCUT2D eigenvalue weighted by Gasteiger charge is -2.03. The van der Waals surface area contributed by atoms with Gasteiger partial charge < -0.3 is 5.11 Å². The highest BCUT2D eigenvalue weighted by Crippen LogP contribution is 2.36. The van der Waals surface area contributed by atoms with Crippen LogP contribution in [-0.4, -0.2) is 20.3 Å². The number of nitrogens with one attached hydrogen (secondary N) is 2. The van der Waals surface area contributed by atoms with E-state index in [1.165, 1.54) is 0 Å². The molecule has 0 spiro atoms. The van der Waals surface area contributed by atoms with Crippen LogP contribution in [-0.2, 0) is 0 Å². The molecule has 4 aromatic rings. The van der Waals surface area contributed by atoms with Crippen molar-refractivity contribution in [1.29, 1.82) is 0 Å². The number of aromatic hydroxyl groups is 1. The zero-order chi connectivity index (χ0) is 17.2. The highest BCUT2D eigenvalue weighted by molar-refractivity contribution is 7.71. The number of hydrogen-bond donors (Lipinski definition) is 3. The molecule has 3 aromatic carbocycles. The first-order chi connectivity index (χ1) is 12.2. The normalized spacial score (nSPS) is 11.4. The van der Waals surface area contributed by atoms with Crippen LogP contribution in [0.4, 0.5) is 11.4 Å². The number of azo groups is 1. The summed E-state index contributed by atoms with van der Waals surface area (Å²) in [5, 5.41) is 26.1. The predicted octanol–water partition coefficient (Wildman–Crippen LogP) is 5.41. The molecule has 0 unspecified atom stereocenters. The molecule has 0 aliphatic carbocycles. The van der Waals surface area contributed by atoms with E-state index in [0.29, 0.717) is 22.0 Å². The number of benzene rings is 3. The summed E-state index contributed by atoms with van der Waals surface area (Å²) < 4.78 is 0.408. The minimum Gasteiger partial charge on any atom is -0.506 e. The van der Waals surface area contributed by atoms with E-state index in [1.807, 2.05) is 54.6 Å². The number of nitrogens with zero attached hydrogens (tertiary/aromatic N) is 3. The zero-order valence-corrected chi connectivity index (χ0v) is 13.8. The molecule has 1 heterocycles. The van der Waals surface area contributed by atoms with Gasteiger partial charge in [-0.05, 0) is 47.9 Å². The number of phenols is 1. The fourth-order valence-corrected chi connectivity index (χ4v) is 2.69. The van der Waals surface area contributed by atoms with E-state index in [1.54, 1.807) is 6.07 Å². The maximum Gasteiger partial charge on any atom is 0.213 e. The maximum atomic E-state index is 10.1. The second-order valence-corrected chi connectivity index (χ2v) is 5.80. The lowest BCUT2D eigenvalue weighted by molar-refractivity contribution is 0.477.